The molecular formula is C18H29NO2. The third kappa shape index (κ3) is 6.96. The van der Waals surface area contributed by atoms with Crippen molar-refractivity contribution < 1.29 is 9.47 Å². The number of hydrogen-bond acceptors (Lipinski definition) is 3. The van der Waals surface area contributed by atoms with Crippen LogP contribution in [0.2, 0.25) is 0 Å². The largest absolute Gasteiger partial charge is 0.491 e. The molecule has 0 saturated heterocycles. The van der Waals surface area contributed by atoms with E-state index < -0.39 is 0 Å². The van der Waals surface area contributed by atoms with E-state index in [0.29, 0.717) is 13.2 Å². The molecule has 0 atom stereocenters. The summed E-state index contributed by atoms with van der Waals surface area (Å²) in [6, 6.07) is 8.22. The predicted octanol–water partition coefficient (Wildman–Crippen LogP) is 3.77. The van der Waals surface area contributed by atoms with E-state index in [1.54, 1.807) is 0 Å². The SMILES string of the molecule is CC(C)(C)NCc1ccccc1OCCOCCC1CC1. The number of nitrogens with one attached hydrogen (secondary N) is 1. The number of benzene rings is 1. The third-order valence-electron chi connectivity index (χ3n) is 3.63. The Labute approximate surface area is 129 Å². The van der Waals surface area contributed by atoms with Crippen molar-refractivity contribution in [1.29, 1.82) is 0 Å². The van der Waals surface area contributed by atoms with Gasteiger partial charge in [-0.15, -0.1) is 0 Å². The summed E-state index contributed by atoms with van der Waals surface area (Å²) in [4.78, 5) is 0. The fourth-order valence-electron chi connectivity index (χ4n) is 2.12. The predicted molar refractivity (Wildman–Crippen MR) is 86.7 cm³/mol. The standard InChI is InChI=1S/C18H29NO2/c1-18(2,3)19-14-16-6-4-5-7-17(16)21-13-12-20-11-10-15-8-9-15/h4-7,15,19H,8-14H2,1-3H3. The molecule has 0 radical (unpaired) electrons. The molecule has 0 amide bonds. The van der Waals surface area contributed by atoms with Crippen molar-refractivity contribution in [2.45, 2.75) is 52.1 Å². The zero-order valence-corrected chi connectivity index (χ0v) is 13.7. The molecular weight excluding hydrogens is 262 g/mol. The van der Waals surface area contributed by atoms with E-state index in [-0.39, 0.29) is 5.54 Å². The molecule has 21 heavy (non-hydrogen) atoms. The Morgan fingerprint density at radius 3 is 2.57 bits per heavy atom. The Hall–Kier alpha value is -1.06. The lowest BCUT2D eigenvalue weighted by Gasteiger charge is -2.21. The van der Waals surface area contributed by atoms with Gasteiger partial charge in [-0.05, 0) is 39.2 Å². The van der Waals surface area contributed by atoms with Crippen LogP contribution in [-0.4, -0.2) is 25.4 Å². The van der Waals surface area contributed by atoms with Crippen LogP contribution in [0, 0.1) is 5.92 Å². The van der Waals surface area contributed by atoms with Gasteiger partial charge < -0.3 is 14.8 Å². The van der Waals surface area contributed by atoms with Gasteiger partial charge in [0.1, 0.15) is 12.4 Å². The summed E-state index contributed by atoms with van der Waals surface area (Å²) < 4.78 is 11.5. The average molecular weight is 291 g/mol. The molecule has 1 fully saturated rings. The van der Waals surface area contributed by atoms with Crippen LogP contribution < -0.4 is 10.1 Å². The Morgan fingerprint density at radius 1 is 1.10 bits per heavy atom. The van der Waals surface area contributed by atoms with E-state index >= 15 is 0 Å². The first-order valence-corrected chi connectivity index (χ1v) is 8.08. The van der Waals surface area contributed by atoms with Crippen molar-refractivity contribution in [3.63, 3.8) is 0 Å². The van der Waals surface area contributed by atoms with Crippen molar-refractivity contribution in [3.8, 4) is 5.75 Å². The fourth-order valence-corrected chi connectivity index (χ4v) is 2.12. The molecule has 1 aromatic rings. The van der Waals surface area contributed by atoms with E-state index in [1.807, 2.05) is 12.1 Å². The molecule has 0 spiro atoms. The summed E-state index contributed by atoms with van der Waals surface area (Å²) >= 11 is 0. The molecule has 2 rings (SSSR count). The smallest absolute Gasteiger partial charge is 0.123 e. The van der Waals surface area contributed by atoms with Crippen LogP contribution in [0.1, 0.15) is 45.6 Å². The lowest BCUT2D eigenvalue weighted by molar-refractivity contribution is 0.0954. The van der Waals surface area contributed by atoms with Gasteiger partial charge in [-0.2, -0.15) is 0 Å². The zero-order chi connectivity index (χ0) is 15.1. The van der Waals surface area contributed by atoms with Crippen LogP contribution in [0.5, 0.6) is 5.75 Å². The van der Waals surface area contributed by atoms with Gasteiger partial charge in [-0.3, -0.25) is 0 Å². The molecule has 0 unspecified atom stereocenters. The minimum absolute atomic E-state index is 0.110. The molecule has 1 aromatic carbocycles. The average Bonchev–Trinajstić information content (AvgIpc) is 3.25. The molecule has 1 saturated carbocycles. The van der Waals surface area contributed by atoms with Crippen molar-refractivity contribution in [2.75, 3.05) is 19.8 Å². The fraction of sp³-hybridized carbons (Fsp3) is 0.667. The van der Waals surface area contributed by atoms with Crippen LogP contribution >= 0.6 is 0 Å². The lowest BCUT2D eigenvalue weighted by Crippen LogP contribution is -2.35. The summed E-state index contributed by atoms with van der Waals surface area (Å²) in [5, 5.41) is 3.50. The van der Waals surface area contributed by atoms with Gasteiger partial charge in [-0.1, -0.05) is 31.0 Å². The second kappa shape index (κ2) is 7.81. The molecule has 1 aliphatic carbocycles. The first-order chi connectivity index (χ1) is 10.0. The first kappa shape index (κ1) is 16.3. The van der Waals surface area contributed by atoms with Gasteiger partial charge in [0.2, 0.25) is 0 Å². The Balaban J connectivity index is 1.68. The van der Waals surface area contributed by atoms with Gasteiger partial charge in [0.15, 0.2) is 0 Å². The Morgan fingerprint density at radius 2 is 1.86 bits per heavy atom. The maximum Gasteiger partial charge on any atom is 0.123 e. The second-order valence-corrected chi connectivity index (χ2v) is 6.90. The molecule has 1 N–H and O–H groups in total. The lowest BCUT2D eigenvalue weighted by atomic mass is 10.1. The van der Waals surface area contributed by atoms with Gasteiger partial charge in [-0.25, -0.2) is 0 Å². The topological polar surface area (TPSA) is 30.5 Å². The summed E-state index contributed by atoms with van der Waals surface area (Å²) in [5.41, 5.74) is 1.31. The quantitative estimate of drug-likeness (QED) is 0.703. The van der Waals surface area contributed by atoms with E-state index in [1.165, 1.54) is 24.8 Å². The van der Waals surface area contributed by atoms with Crippen LogP contribution in [0.15, 0.2) is 24.3 Å². The first-order valence-electron chi connectivity index (χ1n) is 8.08. The van der Waals surface area contributed by atoms with E-state index in [9.17, 15) is 0 Å². The normalized spacial score (nSPS) is 15.2. The highest BCUT2D eigenvalue weighted by molar-refractivity contribution is 5.33. The van der Waals surface area contributed by atoms with Gasteiger partial charge in [0.05, 0.1) is 6.61 Å². The van der Waals surface area contributed by atoms with Crippen molar-refractivity contribution in [3.05, 3.63) is 29.8 Å². The number of rotatable bonds is 9. The van der Waals surface area contributed by atoms with E-state index in [2.05, 4.69) is 38.2 Å². The summed E-state index contributed by atoms with van der Waals surface area (Å²) in [7, 11) is 0. The number of ether oxygens (including phenoxy) is 2. The monoisotopic (exact) mass is 291 g/mol. The molecule has 0 bridgehead atoms. The molecule has 3 heteroatoms. The number of para-hydroxylation sites is 1. The van der Waals surface area contributed by atoms with Crippen LogP contribution in [0.4, 0.5) is 0 Å². The maximum atomic E-state index is 5.86. The molecule has 0 aliphatic heterocycles. The second-order valence-electron chi connectivity index (χ2n) is 6.90. The summed E-state index contributed by atoms with van der Waals surface area (Å²) in [6.07, 6.45) is 4.01. The molecule has 3 nitrogen and oxygen atoms in total. The van der Waals surface area contributed by atoms with Crippen LogP contribution in [-0.2, 0) is 11.3 Å². The van der Waals surface area contributed by atoms with Gasteiger partial charge >= 0.3 is 0 Å². The minimum Gasteiger partial charge on any atom is -0.491 e. The third-order valence-corrected chi connectivity index (χ3v) is 3.63. The Bertz CT molecular complexity index is 421. The molecule has 118 valence electrons. The maximum absolute atomic E-state index is 5.86. The van der Waals surface area contributed by atoms with Gasteiger partial charge in [0.25, 0.3) is 0 Å². The molecule has 1 aliphatic rings. The van der Waals surface area contributed by atoms with E-state index in [0.717, 1.165) is 24.8 Å². The highest BCUT2D eigenvalue weighted by Gasteiger charge is 2.20. The Kier molecular flexibility index (Phi) is 6.07. The highest BCUT2D eigenvalue weighted by atomic mass is 16.5. The van der Waals surface area contributed by atoms with Crippen LogP contribution in [0.25, 0.3) is 0 Å². The van der Waals surface area contributed by atoms with Crippen molar-refractivity contribution in [2.24, 2.45) is 5.92 Å². The van der Waals surface area contributed by atoms with Crippen molar-refractivity contribution >= 4 is 0 Å². The summed E-state index contributed by atoms with van der Waals surface area (Å²) in [6.45, 7) is 9.51. The molecule has 0 heterocycles. The highest BCUT2D eigenvalue weighted by Crippen LogP contribution is 2.32. The summed E-state index contributed by atoms with van der Waals surface area (Å²) in [5.74, 6) is 1.90. The number of hydrogen-bond donors (Lipinski definition) is 1. The van der Waals surface area contributed by atoms with Crippen LogP contribution in [0.3, 0.4) is 0 Å². The zero-order valence-electron chi connectivity index (χ0n) is 13.7. The molecule has 0 aromatic heterocycles. The van der Waals surface area contributed by atoms with Gasteiger partial charge in [0, 0.05) is 24.3 Å². The van der Waals surface area contributed by atoms with Crippen molar-refractivity contribution in [1.82, 2.24) is 5.32 Å². The minimum atomic E-state index is 0.110. The van der Waals surface area contributed by atoms with E-state index in [4.69, 9.17) is 9.47 Å².